The van der Waals surface area contributed by atoms with Crippen LogP contribution in [0.15, 0.2) is 48.5 Å². The number of piperidine rings is 1. The second-order valence-corrected chi connectivity index (χ2v) is 7.26. The number of alkyl halides is 3. The number of benzene rings is 2. The molecule has 2 aromatic carbocycles. The summed E-state index contributed by atoms with van der Waals surface area (Å²) in [5.41, 5.74) is 0.279. The summed E-state index contributed by atoms with van der Waals surface area (Å²) in [5, 5.41) is 2.78. The van der Waals surface area contributed by atoms with E-state index in [0.29, 0.717) is 31.5 Å². The van der Waals surface area contributed by atoms with Crippen LogP contribution in [0, 0.1) is 5.82 Å². The van der Waals surface area contributed by atoms with Crippen LogP contribution in [0.2, 0.25) is 0 Å². The number of nitrogens with one attached hydrogen (secondary N) is 1. The number of likely N-dealkylation sites (tertiary alicyclic amines) is 1. The first kappa shape index (κ1) is 22.6. The summed E-state index contributed by atoms with van der Waals surface area (Å²) >= 11 is 0. The van der Waals surface area contributed by atoms with Gasteiger partial charge in [-0.05, 0) is 43.0 Å². The van der Waals surface area contributed by atoms with Crippen LogP contribution in [0.1, 0.15) is 35.2 Å². The van der Waals surface area contributed by atoms with E-state index >= 15 is 0 Å². The summed E-state index contributed by atoms with van der Waals surface area (Å²) < 4.78 is 55.3. The monoisotopic (exact) mass is 438 g/mol. The Hall–Kier alpha value is -3.10. The minimum Gasteiger partial charge on any atom is -0.406 e. The van der Waals surface area contributed by atoms with E-state index in [2.05, 4.69) is 10.1 Å². The van der Waals surface area contributed by atoms with Crippen LogP contribution in [0.3, 0.4) is 0 Å². The van der Waals surface area contributed by atoms with Gasteiger partial charge in [-0.15, -0.1) is 13.2 Å². The highest BCUT2D eigenvalue weighted by molar-refractivity contribution is 5.94. The first-order chi connectivity index (χ1) is 14.7. The average Bonchev–Trinajstić information content (AvgIpc) is 2.72. The molecule has 9 heteroatoms. The van der Waals surface area contributed by atoms with Gasteiger partial charge in [0.25, 0.3) is 5.91 Å². The summed E-state index contributed by atoms with van der Waals surface area (Å²) in [6, 6.07) is 11.3. The highest BCUT2D eigenvalue weighted by atomic mass is 19.4. The minimum absolute atomic E-state index is 0.0271. The van der Waals surface area contributed by atoms with Crippen LogP contribution in [0.5, 0.6) is 5.75 Å². The second kappa shape index (κ2) is 9.80. The lowest BCUT2D eigenvalue weighted by molar-refractivity contribution is -0.274. The van der Waals surface area contributed by atoms with Crippen molar-refractivity contribution in [2.75, 3.05) is 13.1 Å². The fourth-order valence-corrected chi connectivity index (χ4v) is 3.52. The third-order valence-corrected chi connectivity index (χ3v) is 5.11. The van der Waals surface area contributed by atoms with Gasteiger partial charge in [-0.1, -0.05) is 30.3 Å². The van der Waals surface area contributed by atoms with Gasteiger partial charge >= 0.3 is 6.36 Å². The molecule has 31 heavy (non-hydrogen) atoms. The number of para-hydroxylation sites is 1. The minimum atomic E-state index is -4.80. The number of hydrogen-bond donors (Lipinski definition) is 1. The smallest absolute Gasteiger partial charge is 0.406 e. The van der Waals surface area contributed by atoms with Crippen LogP contribution in [0.25, 0.3) is 0 Å². The molecule has 1 aliphatic rings. The van der Waals surface area contributed by atoms with E-state index in [1.54, 1.807) is 17.0 Å². The number of carbonyl (C=O) groups is 2. The molecule has 1 N–H and O–H groups in total. The average molecular weight is 438 g/mol. The fraction of sp³-hybridized carbons (Fsp3) is 0.364. The molecular weight excluding hydrogens is 416 g/mol. The third-order valence-electron chi connectivity index (χ3n) is 5.11. The first-order valence-corrected chi connectivity index (χ1v) is 9.90. The molecule has 1 heterocycles. The van der Waals surface area contributed by atoms with E-state index in [-0.39, 0.29) is 36.1 Å². The van der Waals surface area contributed by atoms with Gasteiger partial charge in [-0.25, -0.2) is 4.39 Å². The van der Waals surface area contributed by atoms with E-state index in [9.17, 15) is 27.2 Å². The molecule has 1 fully saturated rings. The molecule has 1 saturated heterocycles. The van der Waals surface area contributed by atoms with Crippen LogP contribution >= 0.6 is 0 Å². The van der Waals surface area contributed by atoms with Crippen molar-refractivity contribution in [1.82, 2.24) is 10.2 Å². The van der Waals surface area contributed by atoms with Crippen molar-refractivity contribution in [2.24, 2.45) is 0 Å². The molecule has 0 aromatic heterocycles. The first-order valence-electron chi connectivity index (χ1n) is 9.90. The molecule has 166 valence electrons. The van der Waals surface area contributed by atoms with Crippen LogP contribution < -0.4 is 10.1 Å². The van der Waals surface area contributed by atoms with E-state index in [1.165, 1.54) is 36.4 Å². The Labute approximate surface area is 177 Å². The molecular formula is C22H22F4N2O3. The molecule has 0 spiro atoms. The van der Waals surface area contributed by atoms with Crippen molar-refractivity contribution < 1.29 is 31.9 Å². The number of aryl methyl sites for hydroxylation is 1. The maximum atomic E-state index is 13.7. The topological polar surface area (TPSA) is 58.6 Å². The van der Waals surface area contributed by atoms with Crippen LogP contribution in [0.4, 0.5) is 17.6 Å². The number of rotatable bonds is 6. The van der Waals surface area contributed by atoms with Crippen molar-refractivity contribution in [2.45, 2.75) is 38.1 Å². The number of ether oxygens (including phenoxy) is 1. The number of halogens is 4. The van der Waals surface area contributed by atoms with Gasteiger partial charge in [0, 0.05) is 25.6 Å². The summed E-state index contributed by atoms with van der Waals surface area (Å²) in [7, 11) is 0. The molecule has 0 atom stereocenters. The van der Waals surface area contributed by atoms with Crippen LogP contribution in [-0.4, -0.2) is 42.2 Å². The molecule has 2 aromatic rings. The Kier molecular flexibility index (Phi) is 7.14. The van der Waals surface area contributed by atoms with Crippen molar-refractivity contribution >= 4 is 11.8 Å². The summed E-state index contributed by atoms with van der Waals surface area (Å²) in [6.07, 6.45) is -3.60. The van der Waals surface area contributed by atoms with Crippen LogP contribution in [-0.2, 0) is 11.2 Å². The SMILES string of the molecule is O=C(NC1CCN(C(=O)CCc2ccccc2OC(F)(F)F)CC1)c1ccccc1F. The summed E-state index contributed by atoms with van der Waals surface area (Å²) in [5.74, 6) is -1.58. The van der Waals surface area contributed by atoms with Gasteiger partial charge in [-0.3, -0.25) is 9.59 Å². The standard InChI is InChI=1S/C22H22F4N2O3/c23-18-7-3-2-6-17(18)21(30)27-16-11-13-28(14-12-16)20(29)10-9-15-5-1-4-8-19(15)31-22(24,25)26/h1-8,16H,9-14H2,(H,27,30). The Balaban J connectivity index is 1.48. The molecule has 1 aliphatic heterocycles. The number of carbonyl (C=O) groups excluding carboxylic acids is 2. The van der Waals surface area contributed by atoms with Crippen molar-refractivity contribution in [3.05, 3.63) is 65.5 Å². The van der Waals surface area contributed by atoms with Gasteiger partial charge in [0.1, 0.15) is 11.6 Å². The lowest BCUT2D eigenvalue weighted by Crippen LogP contribution is -2.46. The molecule has 0 aliphatic carbocycles. The lowest BCUT2D eigenvalue weighted by atomic mass is 10.0. The maximum absolute atomic E-state index is 13.7. The zero-order valence-corrected chi connectivity index (χ0v) is 16.6. The van der Waals surface area contributed by atoms with E-state index in [1.807, 2.05) is 0 Å². The summed E-state index contributed by atoms with van der Waals surface area (Å²) in [6.45, 7) is 0.809. The van der Waals surface area contributed by atoms with Gasteiger partial charge in [0.05, 0.1) is 5.56 Å². The molecule has 3 rings (SSSR count). The van der Waals surface area contributed by atoms with E-state index in [4.69, 9.17) is 0 Å². The predicted molar refractivity (Wildman–Crippen MR) is 105 cm³/mol. The predicted octanol–water partition coefficient (Wildman–Crippen LogP) is 4.08. The van der Waals surface area contributed by atoms with E-state index in [0.717, 1.165) is 0 Å². The Morgan fingerprint density at radius 2 is 1.68 bits per heavy atom. The number of amides is 2. The number of nitrogens with zero attached hydrogens (tertiary/aromatic N) is 1. The zero-order valence-electron chi connectivity index (χ0n) is 16.6. The fourth-order valence-electron chi connectivity index (χ4n) is 3.52. The van der Waals surface area contributed by atoms with Gasteiger partial charge in [0.2, 0.25) is 5.91 Å². The summed E-state index contributed by atoms with van der Waals surface area (Å²) in [4.78, 5) is 26.3. The second-order valence-electron chi connectivity index (χ2n) is 7.26. The highest BCUT2D eigenvalue weighted by Gasteiger charge is 2.32. The van der Waals surface area contributed by atoms with Crippen molar-refractivity contribution in [1.29, 1.82) is 0 Å². The molecule has 0 bridgehead atoms. The third kappa shape index (κ3) is 6.44. The highest BCUT2D eigenvalue weighted by Crippen LogP contribution is 2.27. The Morgan fingerprint density at radius 1 is 1.03 bits per heavy atom. The molecule has 0 saturated carbocycles. The zero-order chi connectivity index (χ0) is 22.4. The molecule has 0 unspecified atom stereocenters. The number of hydrogen-bond acceptors (Lipinski definition) is 3. The lowest BCUT2D eigenvalue weighted by Gasteiger charge is -2.32. The van der Waals surface area contributed by atoms with Crippen molar-refractivity contribution in [3.8, 4) is 5.75 Å². The largest absolute Gasteiger partial charge is 0.573 e. The van der Waals surface area contributed by atoms with E-state index < -0.39 is 18.1 Å². The molecule has 2 amide bonds. The van der Waals surface area contributed by atoms with Gasteiger partial charge in [0.15, 0.2) is 0 Å². The van der Waals surface area contributed by atoms with Gasteiger partial charge < -0.3 is 15.0 Å². The Bertz CT molecular complexity index is 925. The van der Waals surface area contributed by atoms with Gasteiger partial charge in [-0.2, -0.15) is 0 Å². The molecule has 0 radical (unpaired) electrons. The maximum Gasteiger partial charge on any atom is 0.573 e. The Morgan fingerprint density at radius 3 is 2.35 bits per heavy atom. The van der Waals surface area contributed by atoms with Crippen molar-refractivity contribution in [3.63, 3.8) is 0 Å². The quantitative estimate of drug-likeness (QED) is 0.692. The normalized spacial score (nSPS) is 14.9. The molecule has 5 nitrogen and oxygen atoms in total.